The van der Waals surface area contributed by atoms with Crippen LogP contribution < -0.4 is 11.1 Å². The summed E-state index contributed by atoms with van der Waals surface area (Å²) in [6.07, 6.45) is 6.23. The van der Waals surface area contributed by atoms with Gasteiger partial charge in [0.1, 0.15) is 0 Å². The Hall–Kier alpha value is -1.62. The molecular formula is C15H23N3O2. The van der Waals surface area contributed by atoms with Crippen molar-refractivity contribution in [1.82, 2.24) is 0 Å². The number of nitrogens with zero attached hydrogens (tertiary/aromatic N) is 1. The number of nitro benzene ring substituents is 1. The van der Waals surface area contributed by atoms with Gasteiger partial charge in [-0.05, 0) is 37.3 Å². The van der Waals surface area contributed by atoms with Crippen LogP contribution in [0, 0.1) is 23.0 Å². The molecule has 0 radical (unpaired) electrons. The number of hydrogen-bond donors (Lipinski definition) is 2. The quantitative estimate of drug-likeness (QED) is 0.639. The fourth-order valence-corrected chi connectivity index (χ4v) is 3.07. The van der Waals surface area contributed by atoms with Gasteiger partial charge in [-0.15, -0.1) is 0 Å². The zero-order valence-electron chi connectivity index (χ0n) is 12.0. The molecule has 110 valence electrons. The van der Waals surface area contributed by atoms with Gasteiger partial charge < -0.3 is 11.1 Å². The van der Waals surface area contributed by atoms with Crippen LogP contribution in [-0.4, -0.2) is 17.5 Å². The number of anilines is 1. The van der Waals surface area contributed by atoms with E-state index in [4.69, 9.17) is 5.73 Å². The molecule has 5 heteroatoms. The summed E-state index contributed by atoms with van der Waals surface area (Å²) in [4.78, 5) is 10.6. The van der Waals surface area contributed by atoms with Crippen molar-refractivity contribution in [3.05, 3.63) is 33.9 Å². The maximum atomic E-state index is 10.9. The second-order valence-electron chi connectivity index (χ2n) is 5.70. The molecule has 0 heterocycles. The molecule has 0 bridgehead atoms. The summed E-state index contributed by atoms with van der Waals surface area (Å²) < 4.78 is 0. The molecular weight excluding hydrogens is 254 g/mol. The molecule has 1 aliphatic carbocycles. The largest absolute Gasteiger partial charge is 0.381 e. The highest BCUT2D eigenvalue weighted by Gasteiger charge is 2.23. The van der Waals surface area contributed by atoms with Gasteiger partial charge >= 0.3 is 0 Å². The van der Waals surface area contributed by atoms with E-state index in [9.17, 15) is 10.1 Å². The summed E-state index contributed by atoms with van der Waals surface area (Å²) >= 11 is 0. The molecule has 1 aromatic rings. The van der Waals surface area contributed by atoms with E-state index in [1.807, 2.05) is 13.0 Å². The highest BCUT2D eigenvalue weighted by atomic mass is 16.6. The van der Waals surface area contributed by atoms with Crippen molar-refractivity contribution in [2.75, 3.05) is 11.9 Å². The number of nitrogens with two attached hydrogens (primary N) is 1. The van der Waals surface area contributed by atoms with Gasteiger partial charge in [0.15, 0.2) is 0 Å². The van der Waals surface area contributed by atoms with Crippen LogP contribution >= 0.6 is 0 Å². The van der Waals surface area contributed by atoms with Crippen molar-refractivity contribution < 1.29 is 4.92 Å². The number of non-ortho nitro benzene ring substituents is 1. The predicted octanol–water partition coefficient (Wildman–Crippen LogP) is 3.22. The van der Waals surface area contributed by atoms with Crippen LogP contribution in [-0.2, 0) is 0 Å². The topological polar surface area (TPSA) is 81.2 Å². The van der Waals surface area contributed by atoms with Gasteiger partial charge in [0.25, 0.3) is 5.69 Å². The molecule has 1 saturated carbocycles. The third kappa shape index (κ3) is 3.70. The summed E-state index contributed by atoms with van der Waals surface area (Å²) in [6, 6.07) is 5.33. The standard InChI is InChI=1S/C15H23N3O2/c1-11-7-13(9-14(8-11)18(19)20)17-15(10-16)12-5-3-2-4-6-12/h7-9,12,15,17H,2-6,10,16H2,1H3. The van der Waals surface area contributed by atoms with Crippen LogP contribution in [0.2, 0.25) is 0 Å². The average molecular weight is 277 g/mol. The molecule has 1 aromatic carbocycles. The molecule has 5 nitrogen and oxygen atoms in total. The average Bonchev–Trinajstić information content (AvgIpc) is 2.45. The van der Waals surface area contributed by atoms with Crippen LogP contribution in [0.15, 0.2) is 18.2 Å². The molecule has 3 N–H and O–H groups in total. The summed E-state index contributed by atoms with van der Waals surface area (Å²) in [7, 11) is 0. The van der Waals surface area contributed by atoms with Crippen LogP contribution in [0.1, 0.15) is 37.7 Å². The Bertz CT molecular complexity index is 470. The third-order valence-corrected chi connectivity index (χ3v) is 4.10. The maximum absolute atomic E-state index is 10.9. The number of benzene rings is 1. The Morgan fingerprint density at radius 2 is 2.05 bits per heavy atom. The first-order chi connectivity index (χ1) is 9.60. The lowest BCUT2D eigenvalue weighted by Crippen LogP contribution is -2.37. The van der Waals surface area contributed by atoms with Crippen molar-refractivity contribution in [1.29, 1.82) is 0 Å². The minimum Gasteiger partial charge on any atom is -0.381 e. The Morgan fingerprint density at radius 3 is 2.65 bits per heavy atom. The van der Waals surface area contributed by atoms with E-state index >= 15 is 0 Å². The number of nitro groups is 1. The molecule has 2 rings (SSSR count). The molecule has 1 aliphatic rings. The highest BCUT2D eigenvalue weighted by molar-refractivity contribution is 5.54. The van der Waals surface area contributed by atoms with Crippen molar-refractivity contribution >= 4 is 11.4 Å². The van der Waals surface area contributed by atoms with Crippen molar-refractivity contribution in [2.45, 2.75) is 45.1 Å². The summed E-state index contributed by atoms with van der Waals surface area (Å²) in [6.45, 7) is 2.43. The van der Waals surface area contributed by atoms with Gasteiger partial charge in [0, 0.05) is 30.4 Å². The molecule has 1 atom stereocenters. The first-order valence-electron chi connectivity index (χ1n) is 7.33. The molecule has 0 amide bonds. The summed E-state index contributed by atoms with van der Waals surface area (Å²) in [5, 5.41) is 14.3. The number of rotatable bonds is 5. The Morgan fingerprint density at radius 1 is 1.35 bits per heavy atom. The summed E-state index contributed by atoms with van der Waals surface area (Å²) in [5.74, 6) is 0.577. The van der Waals surface area contributed by atoms with E-state index in [1.54, 1.807) is 12.1 Å². The fourth-order valence-electron chi connectivity index (χ4n) is 3.07. The summed E-state index contributed by atoms with van der Waals surface area (Å²) in [5.41, 5.74) is 7.72. The van der Waals surface area contributed by atoms with Crippen LogP contribution in [0.25, 0.3) is 0 Å². The smallest absolute Gasteiger partial charge is 0.271 e. The van der Waals surface area contributed by atoms with Crippen molar-refractivity contribution in [2.24, 2.45) is 11.7 Å². The van der Waals surface area contributed by atoms with E-state index in [0.717, 1.165) is 11.3 Å². The normalized spacial score (nSPS) is 17.7. The Kier molecular flexibility index (Phi) is 4.95. The van der Waals surface area contributed by atoms with Crippen LogP contribution in [0.3, 0.4) is 0 Å². The van der Waals surface area contributed by atoms with E-state index < -0.39 is 0 Å². The van der Waals surface area contributed by atoms with E-state index in [1.165, 1.54) is 32.1 Å². The first kappa shape index (κ1) is 14.8. The Labute approximate surface area is 119 Å². The van der Waals surface area contributed by atoms with Gasteiger partial charge in [-0.3, -0.25) is 10.1 Å². The molecule has 1 fully saturated rings. The molecule has 0 aliphatic heterocycles. The van der Waals surface area contributed by atoms with Crippen LogP contribution in [0.4, 0.5) is 11.4 Å². The highest BCUT2D eigenvalue weighted by Crippen LogP contribution is 2.29. The van der Waals surface area contributed by atoms with Gasteiger partial charge in [0.2, 0.25) is 0 Å². The maximum Gasteiger partial charge on any atom is 0.271 e. The van der Waals surface area contributed by atoms with Crippen LogP contribution in [0.5, 0.6) is 0 Å². The van der Waals surface area contributed by atoms with Crippen molar-refractivity contribution in [3.63, 3.8) is 0 Å². The predicted molar refractivity (Wildman–Crippen MR) is 80.9 cm³/mol. The minimum absolute atomic E-state index is 0.131. The number of aryl methyl sites for hydroxylation is 1. The minimum atomic E-state index is -0.351. The van der Waals surface area contributed by atoms with Gasteiger partial charge in [-0.1, -0.05) is 19.3 Å². The van der Waals surface area contributed by atoms with Crippen molar-refractivity contribution in [3.8, 4) is 0 Å². The second kappa shape index (κ2) is 6.70. The van der Waals surface area contributed by atoms with Gasteiger partial charge in [0.05, 0.1) is 4.92 Å². The SMILES string of the molecule is Cc1cc(NC(CN)C2CCCCC2)cc([N+](=O)[O-])c1. The third-order valence-electron chi connectivity index (χ3n) is 4.10. The zero-order chi connectivity index (χ0) is 14.5. The second-order valence-corrected chi connectivity index (χ2v) is 5.70. The molecule has 0 saturated heterocycles. The fraction of sp³-hybridized carbons (Fsp3) is 0.600. The van der Waals surface area contributed by atoms with E-state index in [-0.39, 0.29) is 16.7 Å². The van der Waals surface area contributed by atoms with Gasteiger partial charge in [-0.25, -0.2) is 0 Å². The lowest BCUT2D eigenvalue weighted by molar-refractivity contribution is -0.384. The molecule has 20 heavy (non-hydrogen) atoms. The monoisotopic (exact) mass is 277 g/mol. The lowest BCUT2D eigenvalue weighted by atomic mass is 9.84. The zero-order valence-corrected chi connectivity index (χ0v) is 12.0. The molecule has 0 aromatic heterocycles. The number of hydrogen-bond acceptors (Lipinski definition) is 4. The van der Waals surface area contributed by atoms with E-state index in [0.29, 0.717) is 12.5 Å². The number of nitrogens with one attached hydrogen (secondary N) is 1. The van der Waals surface area contributed by atoms with Gasteiger partial charge in [-0.2, -0.15) is 0 Å². The van der Waals surface area contributed by atoms with E-state index in [2.05, 4.69) is 5.32 Å². The Balaban J connectivity index is 2.12. The molecule has 1 unspecified atom stereocenters. The lowest BCUT2D eigenvalue weighted by Gasteiger charge is -2.30. The molecule has 0 spiro atoms. The first-order valence-corrected chi connectivity index (χ1v) is 7.33.